The third kappa shape index (κ3) is 5.78. The van der Waals surface area contributed by atoms with E-state index in [1.165, 1.54) is 35.2 Å². The van der Waals surface area contributed by atoms with Crippen LogP contribution in [0.4, 0.5) is 10.1 Å². The molecule has 3 amide bonds. The second-order valence-electron chi connectivity index (χ2n) is 5.77. The summed E-state index contributed by atoms with van der Waals surface area (Å²) in [5, 5.41) is 2.64. The lowest BCUT2D eigenvalue weighted by Gasteiger charge is -2.22. The van der Waals surface area contributed by atoms with Crippen molar-refractivity contribution in [1.82, 2.24) is 5.32 Å². The fourth-order valence-electron chi connectivity index (χ4n) is 2.37. The number of benzene rings is 2. The highest BCUT2D eigenvalue weighted by atomic mass is 19.1. The molecule has 2 aromatic rings. The average molecular weight is 369 g/mol. The lowest BCUT2D eigenvalue weighted by Crippen LogP contribution is -2.34. The normalized spacial score (nSPS) is 10.1. The Labute approximate surface area is 156 Å². The van der Waals surface area contributed by atoms with E-state index in [1.54, 1.807) is 24.3 Å². The van der Waals surface area contributed by atoms with Crippen LogP contribution in [0.25, 0.3) is 0 Å². The van der Waals surface area contributed by atoms with Crippen LogP contribution in [0.1, 0.15) is 22.3 Å². The van der Waals surface area contributed by atoms with Gasteiger partial charge in [-0.1, -0.05) is 18.7 Å². The first kappa shape index (κ1) is 19.8. The van der Waals surface area contributed by atoms with Crippen LogP contribution in [-0.2, 0) is 16.1 Å². The maximum Gasteiger partial charge on any atom is 0.258 e. The van der Waals surface area contributed by atoms with E-state index >= 15 is 0 Å². The Kier molecular flexibility index (Phi) is 6.82. The molecule has 0 aliphatic rings. The molecule has 0 aliphatic carbocycles. The molecule has 0 heterocycles. The predicted molar refractivity (Wildman–Crippen MR) is 100 cm³/mol. The molecular formula is C20H20FN3O3. The van der Waals surface area contributed by atoms with Gasteiger partial charge in [0.15, 0.2) is 0 Å². The smallest absolute Gasteiger partial charge is 0.258 e. The molecule has 0 atom stereocenters. The number of hydrogen-bond donors (Lipinski definition) is 2. The summed E-state index contributed by atoms with van der Waals surface area (Å²) in [6.45, 7) is 3.76. The van der Waals surface area contributed by atoms with Crippen LogP contribution in [0.15, 0.2) is 61.2 Å². The largest absolute Gasteiger partial charge is 0.370 e. The number of amides is 3. The van der Waals surface area contributed by atoms with Gasteiger partial charge in [-0.2, -0.15) is 0 Å². The molecule has 0 aromatic heterocycles. The summed E-state index contributed by atoms with van der Waals surface area (Å²) in [6.07, 6.45) is 1.16. The second kappa shape index (κ2) is 9.28. The van der Waals surface area contributed by atoms with Gasteiger partial charge in [-0.3, -0.25) is 14.4 Å². The number of anilines is 1. The van der Waals surface area contributed by atoms with Crippen LogP contribution in [0.2, 0.25) is 0 Å². The van der Waals surface area contributed by atoms with E-state index in [-0.39, 0.29) is 24.8 Å². The summed E-state index contributed by atoms with van der Waals surface area (Å²) in [6, 6.07) is 12.1. The summed E-state index contributed by atoms with van der Waals surface area (Å²) < 4.78 is 13.2. The topological polar surface area (TPSA) is 92.5 Å². The minimum atomic E-state index is -0.539. The molecule has 0 radical (unpaired) electrons. The van der Waals surface area contributed by atoms with Crippen molar-refractivity contribution in [2.45, 2.75) is 13.0 Å². The van der Waals surface area contributed by atoms with E-state index in [0.29, 0.717) is 17.8 Å². The lowest BCUT2D eigenvalue weighted by atomic mass is 10.1. The van der Waals surface area contributed by atoms with Crippen LogP contribution in [0, 0.1) is 5.82 Å². The first-order valence-corrected chi connectivity index (χ1v) is 8.25. The third-order valence-electron chi connectivity index (χ3n) is 3.82. The maximum absolute atomic E-state index is 13.2. The number of nitrogens with zero attached hydrogens (tertiary/aromatic N) is 1. The van der Waals surface area contributed by atoms with Gasteiger partial charge in [0.05, 0.1) is 0 Å². The van der Waals surface area contributed by atoms with Gasteiger partial charge in [-0.15, -0.1) is 0 Å². The van der Waals surface area contributed by atoms with Gasteiger partial charge < -0.3 is 16.0 Å². The van der Waals surface area contributed by atoms with Crippen molar-refractivity contribution < 1.29 is 18.8 Å². The third-order valence-corrected chi connectivity index (χ3v) is 3.82. The van der Waals surface area contributed by atoms with Gasteiger partial charge in [-0.05, 0) is 48.0 Å². The lowest BCUT2D eigenvalue weighted by molar-refractivity contribution is -0.118. The number of halogens is 1. The average Bonchev–Trinajstić information content (AvgIpc) is 2.67. The van der Waals surface area contributed by atoms with Crippen molar-refractivity contribution in [1.29, 1.82) is 0 Å². The summed E-state index contributed by atoms with van der Waals surface area (Å²) >= 11 is 0. The predicted octanol–water partition coefficient (Wildman–Crippen LogP) is 2.15. The van der Waals surface area contributed by atoms with Gasteiger partial charge >= 0.3 is 0 Å². The SMILES string of the molecule is C=CC(=O)NCc1ccc(C(=O)N(CCC(N)=O)c2ccc(F)cc2)cc1. The van der Waals surface area contributed by atoms with E-state index in [1.807, 2.05) is 0 Å². The monoisotopic (exact) mass is 369 g/mol. The Morgan fingerprint density at radius 1 is 1.07 bits per heavy atom. The Morgan fingerprint density at radius 2 is 1.70 bits per heavy atom. The molecule has 0 aliphatic heterocycles. The number of rotatable bonds is 8. The van der Waals surface area contributed by atoms with Crippen molar-refractivity contribution in [3.63, 3.8) is 0 Å². The highest BCUT2D eigenvalue weighted by Crippen LogP contribution is 2.19. The fraction of sp³-hybridized carbons (Fsp3) is 0.150. The quantitative estimate of drug-likeness (QED) is 0.699. The minimum Gasteiger partial charge on any atom is -0.370 e. The number of carbonyl (C=O) groups is 3. The molecule has 6 nitrogen and oxygen atoms in total. The van der Waals surface area contributed by atoms with Crippen molar-refractivity contribution in [3.05, 3.63) is 78.1 Å². The van der Waals surface area contributed by atoms with Gasteiger partial charge in [0, 0.05) is 30.8 Å². The van der Waals surface area contributed by atoms with Crippen molar-refractivity contribution in [3.8, 4) is 0 Å². The van der Waals surface area contributed by atoms with E-state index in [2.05, 4.69) is 11.9 Å². The van der Waals surface area contributed by atoms with E-state index in [0.717, 1.165) is 5.56 Å². The molecule has 0 saturated carbocycles. The van der Waals surface area contributed by atoms with Crippen LogP contribution in [0.5, 0.6) is 0 Å². The van der Waals surface area contributed by atoms with Crippen LogP contribution in [0.3, 0.4) is 0 Å². The number of carbonyl (C=O) groups excluding carboxylic acids is 3. The highest BCUT2D eigenvalue weighted by molar-refractivity contribution is 6.06. The highest BCUT2D eigenvalue weighted by Gasteiger charge is 2.18. The molecule has 2 rings (SSSR count). The van der Waals surface area contributed by atoms with Crippen LogP contribution >= 0.6 is 0 Å². The molecule has 0 fully saturated rings. The summed E-state index contributed by atoms with van der Waals surface area (Å²) in [4.78, 5) is 36.6. The first-order chi connectivity index (χ1) is 12.9. The maximum atomic E-state index is 13.2. The number of nitrogens with two attached hydrogens (primary N) is 1. The molecule has 140 valence electrons. The minimum absolute atomic E-state index is 0.0191. The summed E-state index contributed by atoms with van der Waals surface area (Å²) in [5.41, 5.74) is 6.86. The van der Waals surface area contributed by atoms with E-state index in [9.17, 15) is 18.8 Å². The Morgan fingerprint density at radius 3 is 2.26 bits per heavy atom. The Balaban J connectivity index is 2.18. The molecule has 2 aromatic carbocycles. The zero-order valence-corrected chi connectivity index (χ0v) is 14.7. The molecule has 0 saturated heterocycles. The fourth-order valence-corrected chi connectivity index (χ4v) is 2.37. The molecular weight excluding hydrogens is 349 g/mol. The summed E-state index contributed by atoms with van der Waals surface area (Å²) in [5.74, 6) is -1.59. The zero-order valence-electron chi connectivity index (χ0n) is 14.7. The molecule has 7 heteroatoms. The number of nitrogens with one attached hydrogen (secondary N) is 1. The van der Waals surface area contributed by atoms with Gasteiger partial charge in [-0.25, -0.2) is 4.39 Å². The van der Waals surface area contributed by atoms with E-state index in [4.69, 9.17) is 5.73 Å². The van der Waals surface area contributed by atoms with Gasteiger partial charge in [0.1, 0.15) is 5.82 Å². The van der Waals surface area contributed by atoms with Crippen molar-refractivity contribution >= 4 is 23.4 Å². The van der Waals surface area contributed by atoms with Gasteiger partial charge in [0.2, 0.25) is 11.8 Å². The Hall–Kier alpha value is -3.48. The first-order valence-electron chi connectivity index (χ1n) is 8.25. The molecule has 27 heavy (non-hydrogen) atoms. The molecule has 0 unspecified atom stereocenters. The van der Waals surface area contributed by atoms with Crippen LogP contribution < -0.4 is 16.0 Å². The number of primary amides is 1. The standard InChI is InChI=1S/C20H20FN3O3/c1-2-19(26)23-13-14-3-5-15(6-4-14)20(27)24(12-11-18(22)25)17-9-7-16(21)8-10-17/h2-10H,1,11-13H2,(H2,22,25)(H,23,26). The van der Waals surface area contributed by atoms with Crippen LogP contribution in [-0.4, -0.2) is 24.3 Å². The number of hydrogen-bond acceptors (Lipinski definition) is 3. The molecule has 0 spiro atoms. The second-order valence-corrected chi connectivity index (χ2v) is 5.77. The van der Waals surface area contributed by atoms with Gasteiger partial charge in [0.25, 0.3) is 5.91 Å². The Bertz CT molecular complexity index is 833. The van der Waals surface area contributed by atoms with Crippen molar-refractivity contribution in [2.24, 2.45) is 5.73 Å². The summed E-state index contributed by atoms with van der Waals surface area (Å²) in [7, 11) is 0. The molecule has 0 bridgehead atoms. The zero-order chi connectivity index (χ0) is 19.8. The van der Waals surface area contributed by atoms with Crippen molar-refractivity contribution in [2.75, 3.05) is 11.4 Å². The molecule has 3 N–H and O–H groups in total. The van der Waals surface area contributed by atoms with E-state index < -0.39 is 11.7 Å².